The van der Waals surface area contributed by atoms with Crippen LogP contribution in [-0.2, 0) is 0 Å². The van der Waals surface area contributed by atoms with Crippen LogP contribution in [0.3, 0.4) is 0 Å². The number of nitrogens with two attached hydrogens (primary N) is 1. The number of amides is 1. The van der Waals surface area contributed by atoms with Crippen LogP contribution in [0.25, 0.3) is 0 Å². The van der Waals surface area contributed by atoms with Crippen LogP contribution in [0.4, 0.5) is 17.2 Å². The summed E-state index contributed by atoms with van der Waals surface area (Å²) in [7, 11) is 3.79. The highest BCUT2D eigenvalue weighted by molar-refractivity contribution is 6.04. The number of hydrogen-bond acceptors (Lipinski definition) is 5. The largest absolute Gasteiger partial charge is 0.397 e. The first-order valence-electron chi connectivity index (χ1n) is 5.74. The fourth-order valence-corrected chi connectivity index (χ4v) is 1.66. The van der Waals surface area contributed by atoms with E-state index < -0.39 is 0 Å². The van der Waals surface area contributed by atoms with Crippen molar-refractivity contribution in [1.82, 2.24) is 10.2 Å². The van der Waals surface area contributed by atoms with E-state index in [2.05, 4.69) is 15.5 Å². The van der Waals surface area contributed by atoms with Gasteiger partial charge >= 0.3 is 0 Å². The molecule has 98 valence electrons. The molecule has 0 aliphatic carbocycles. The Labute approximate surface area is 111 Å². The Balaban J connectivity index is 2.18. The lowest BCUT2D eigenvalue weighted by Gasteiger charge is -2.15. The Morgan fingerprint density at radius 2 is 2.11 bits per heavy atom. The first-order valence-corrected chi connectivity index (χ1v) is 5.74. The van der Waals surface area contributed by atoms with E-state index in [0.717, 1.165) is 5.69 Å². The van der Waals surface area contributed by atoms with Crippen LogP contribution in [-0.4, -0.2) is 30.2 Å². The van der Waals surface area contributed by atoms with E-state index in [-0.39, 0.29) is 5.91 Å². The van der Waals surface area contributed by atoms with Crippen molar-refractivity contribution in [3.8, 4) is 0 Å². The number of hydrogen-bond donors (Lipinski definition) is 2. The van der Waals surface area contributed by atoms with Crippen molar-refractivity contribution in [2.24, 2.45) is 0 Å². The Morgan fingerprint density at radius 3 is 2.68 bits per heavy atom. The highest BCUT2D eigenvalue weighted by Gasteiger charge is 2.10. The second-order valence-electron chi connectivity index (χ2n) is 4.23. The Kier molecular flexibility index (Phi) is 3.61. The van der Waals surface area contributed by atoms with E-state index in [9.17, 15) is 4.79 Å². The van der Waals surface area contributed by atoms with Gasteiger partial charge < -0.3 is 16.0 Å². The Bertz CT molecular complexity index is 583. The molecule has 2 aromatic rings. The van der Waals surface area contributed by atoms with Crippen molar-refractivity contribution < 1.29 is 4.79 Å². The Morgan fingerprint density at radius 1 is 1.32 bits per heavy atom. The predicted octanol–water partition coefficient (Wildman–Crippen LogP) is 1.38. The normalized spacial score (nSPS) is 10.0. The standard InChI is InChI=1S/C13H15N5O/c1-18(2)11-6-5-9(8-10(11)14)13(19)16-12-4-3-7-15-17-12/h3-8H,14H2,1-2H3,(H,16,17,19). The molecule has 6 nitrogen and oxygen atoms in total. The van der Waals surface area contributed by atoms with Gasteiger partial charge in [-0.1, -0.05) is 0 Å². The van der Waals surface area contributed by atoms with Gasteiger partial charge in [0.05, 0.1) is 11.4 Å². The van der Waals surface area contributed by atoms with Crippen molar-refractivity contribution in [2.75, 3.05) is 30.0 Å². The second-order valence-corrected chi connectivity index (χ2v) is 4.23. The topological polar surface area (TPSA) is 84.1 Å². The number of benzene rings is 1. The summed E-state index contributed by atoms with van der Waals surface area (Å²) in [4.78, 5) is 13.9. The molecule has 0 radical (unpaired) electrons. The Hall–Kier alpha value is -2.63. The van der Waals surface area contributed by atoms with Crippen molar-refractivity contribution in [2.45, 2.75) is 0 Å². The van der Waals surface area contributed by atoms with Gasteiger partial charge in [-0.3, -0.25) is 4.79 Å². The van der Waals surface area contributed by atoms with Crippen LogP contribution in [0.5, 0.6) is 0 Å². The van der Waals surface area contributed by atoms with E-state index in [1.165, 1.54) is 0 Å². The first kappa shape index (κ1) is 12.8. The minimum Gasteiger partial charge on any atom is -0.397 e. The minimum atomic E-state index is -0.266. The molecule has 0 spiro atoms. The molecule has 19 heavy (non-hydrogen) atoms. The number of carbonyl (C=O) groups is 1. The number of carbonyl (C=O) groups excluding carboxylic acids is 1. The zero-order chi connectivity index (χ0) is 13.8. The lowest BCUT2D eigenvalue weighted by atomic mass is 10.1. The van der Waals surface area contributed by atoms with Crippen LogP contribution < -0.4 is 16.0 Å². The fourth-order valence-electron chi connectivity index (χ4n) is 1.66. The van der Waals surface area contributed by atoms with Gasteiger partial charge in [0, 0.05) is 25.9 Å². The zero-order valence-corrected chi connectivity index (χ0v) is 10.8. The highest BCUT2D eigenvalue weighted by atomic mass is 16.1. The maximum Gasteiger partial charge on any atom is 0.256 e. The third kappa shape index (κ3) is 2.98. The summed E-state index contributed by atoms with van der Waals surface area (Å²) in [6.45, 7) is 0. The molecule has 0 fully saturated rings. The number of rotatable bonds is 3. The second kappa shape index (κ2) is 5.34. The number of nitrogens with one attached hydrogen (secondary N) is 1. The molecule has 1 aromatic carbocycles. The van der Waals surface area contributed by atoms with E-state index >= 15 is 0 Å². The lowest BCUT2D eigenvalue weighted by Crippen LogP contribution is -2.15. The summed E-state index contributed by atoms with van der Waals surface area (Å²) in [6.07, 6.45) is 1.54. The van der Waals surface area contributed by atoms with Gasteiger partial charge in [0.1, 0.15) is 0 Å². The summed E-state index contributed by atoms with van der Waals surface area (Å²) in [5, 5.41) is 10.1. The van der Waals surface area contributed by atoms with Crippen LogP contribution >= 0.6 is 0 Å². The quantitative estimate of drug-likeness (QED) is 0.811. The monoisotopic (exact) mass is 257 g/mol. The number of nitrogens with zero attached hydrogens (tertiary/aromatic N) is 3. The molecule has 0 saturated heterocycles. The fraction of sp³-hybridized carbons (Fsp3) is 0.154. The molecule has 2 rings (SSSR count). The molecule has 1 aromatic heterocycles. The zero-order valence-electron chi connectivity index (χ0n) is 10.8. The van der Waals surface area contributed by atoms with Gasteiger partial charge in [-0.25, -0.2) is 0 Å². The van der Waals surface area contributed by atoms with Crippen molar-refractivity contribution in [3.05, 3.63) is 42.1 Å². The third-order valence-electron chi connectivity index (χ3n) is 2.59. The lowest BCUT2D eigenvalue weighted by molar-refractivity contribution is 0.102. The molecule has 0 saturated carbocycles. The van der Waals surface area contributed by atoms with Gasteiger partial charge in [0.2, 0.25) is 0 Å². The predicted molar refractivity (Wildman–Crippen MR) is 75.2 cm³/mol. The molecule has 0 atom stereocenters. The maximum atomic E-state index is 12.0. The SMILES string of the molecule is CN(C)c1ccc(C(=O)Nc2cccnn2)cc1N. The average Bonchev–Trinajstić information content (AvgIpc) is 2.39. The number of aromatic nitrogens is 2. The average molecular weight is 257 g/mol. The smallest absolute Gasteiger partial charge is 0.256 e. The maximum absolute atomic E-state index is 12.0. The van der Waals surface area contributed by atoms with Gasteiger partial charge in [0.15, 0.2) is 5.82 Å². The molecular weight excluding hydrogens is 242 g/mol. The summed E-state index contributed by atoms with van der Waals surface area (Å²) >= 11 is 0. The van der Waals surface area contributed by atoms with Gasteiger partial charge in [-0.2, -0.15) is 5.10 Å². The molecule has 1 amide bonds. The van der Waals surface area contributed by atoms with E-state index in [0.29, 0.717) is 17.1 Å². The molecule has 0 aliphatic rings. The van der Waals surface area contributed by atoms with Crippen LogP contribution in [0.1, 0.15) is 10.4 Å². The van der Waals surface area contributed by atoms with Crippen molar-refractivity contribution >= 4 is 23.1 Å². The molecule has 3 N–H and O–H groups in total. The molecule has 0 bridgehead atoms. The number of nitrogen functional groups attached to an aromatic ring is 1. The first-order chi connectivity index (χ1) is 9.08. The minimum absolute atomic E-state index is 0.266. The molecule has 0 unspecified atom stereocenters. The molecule has 1 heterocycles. The number of anilines is 3. The summed E-state index contributed by atoms with van der Waals surface area (Å²) in [6, 6.07) is 8.54. The summed E-state index contributed by atoms with van der Waals surface area (Å²) < 4.78 is 0. The van der Waals surface area contributed by atoms with Gasteiger partial charge in [-0.15, -0.1) is 5.10 Å². The summed E-state index contributed by atoms with van der Waals surface area (Å²) in [5.41, 5.74) is 7.81. The molecular formula is C13H15N5O. The van der Waals surface area contributed by atoms with E-state index in [1.807, 2.05) is 19.0 Å². The van der Waals surface area contributed by atoms with Crippen LogP contribution in [0.15, 0.2) is 36.5 Å². The highest BCUT2D eigenvalue weighted by Crippen LogP contribution is 2.22. The molecule has 0 aliphatic heterocycles. The third-order valence-corrected chi connectivity index (χ3v) is 2.59. The van der Waals surface area contributed by atoms with Gasteiger partial charge in [0.25, 0.3) is 5.91 Å². The van der Waals surface area contributed by atoms with Gasteiger partial charge in [-0.05, 0) is 30.3 Å². The van der Waals surface area contributed by atoms with E-state index in [1.54, 1.807) is 36.5 Å². The van der Waals surface area contributed by atoms with Crippen molar-refractivity contribution in [3.63, 3.8) is 0 Å². The van der Waals surface area contributed by atoms with E-state index in [4.69, 9.17) is 5.73 Å². The summed E-state index contributed by atoms with van der Waals surface area (Å²) in [5.74, 6) is 0.139. The molecule has 6 heteroatoms. The van der Waals surface area contributed by atoms with Crippen LogP contribution in [0, 0.1) is 0 Å². The van der Waals surface area contributed by atoms with Crippen LogP contribution in [0.2, 0.25) is 0 Å². The van der Waals surface area contributed by atoms with Crippen molar-refractivity contribution in [1.29, 1.82) is 0 Å².